The van der Waals surface area contributed by atoms with E-state index in [2.05, 4.69) is 9.97 Å². The summed E-state index contributed by atoms with van der Waals surface area (Å²) in [7, 11) is 0. The number of imidazole rings is 1. The number of carboxylic acids is 1. The Hall–Kier alpha value is -3.22. The van der Waals surface area contributed by atoms with Crippen molar-refractivity contribution in [1.82, 2.24) is 14.4 Å². The molecule has 134 valence electrons. The molecule has 0 aliphatic heterocycles. The molecule has 0 bridgehead atoms. The van der Waals surface area contributed by atoms with E-state index < -0.39 is 5.97 Å². The molecule has 0 spiro atoms. The average Bonchev–Trinajstić information content (AvgIpc) is 2.97. The number of hydrogen-bond donors (Lipinski definition) is 1. The number of ether oxygens (including phenoxy) is 1. The van der Waals surface area contributed by atoms with Gasteiger partial charge in [0.2, 0.25) is 0 Å². The molecule has 0 aliphatic rings. The SMILES string of the molecule is CCOc1cccn2c(C(=O)CCc3cc(C(=O)O)ccn3)c(C)nc12. The van der Waals surface area contributed by atoms with Gasteiger partial charge in [-0.05, 0) is 44.5 Å². The molecule has 0 saturated heterocycles. The third-order valence-electron chi connectivity index (χ3n) is 4.02. The van der Waals surface area contributed by atoms with Crippen LogP contribution in [0.15, 0.2) is 36.7 Å². The summed E-state index contributed by atoms with van der Waals surface area (Å²) < 4.78 is 7.31. The van der Waals surface area contributed by atoms with E-state index in [1.165, 1.54) is 18.3 Å². The number of carbonyl (C=O) groups excluding carboxylic acids is 1. The van der Waals surface area contributed by atoms with Crippen LogP contribution in [0.1, 0.15) is 45.6 Å². The zero-order valence-electron chi connectivity index (χ0n) is 14.6. The van der Waals surface area contributed by atoms with Gasteiger partial charge in [0.15, 0.2) is 17.2 Å². The fourth-order valence-electron chi connectivity index (χ4n) is 2.87. The summed E-state index contributed by atoms with van der Waals surface area (Å²) in [6.07, 6.45) is 3.80. The third-order valence-corrected chi connectivity index (χ3v) is 4.02. The Morgan fingerprint density at radius 3 is 2.85 bits per heavy atom. The van der Waals surface area contributed by atoms with Crippen molar-refractivity contribution in [2.24, 2.45) is 0 Å². The number of Topliss-reactive ketones (excluding diaryl/α,β-unsaturated/α-hetero) is 1. The van der Waals surface area contributed by atoms with Crippen molar-refractivity contribution in [1.29, 1.82) is 0 Å². The lowest BCUT2D eigenvalue weighted by molar-refractivity contribution is 0.0696. The monoisotopic (exact) mass is 353 g/mol. The molecular formula is C19H19N3O4. The van der Waals surface area contributed by atoms with Gasteiger partial charge in [-0.2, -0.15) is 0 Å². The molecule has 3 rings (SSSR count). The van der Waals surface area contributed by atoms with Gasteiger partial charge in [-0.3, -0.25) is 14.2 Å². The number of carboxylic acid groups (broad SMARTS) is 1. The first-order valence-electron chi connectivity index (χ1n) is 8.33. The van der Waals surface area contributed by atoms with Crippen LogP contribution < -0.4 is 4.74 Å². The van der Waals surface area contributed by atoms with Gasteiger partial charge in [-0.15, -0.1) is 0 Å². The van der Waals surface area contributed by atoms with Crippen LogP contribution in [0.3, 0.4) is 0 Å². The number of ketones is 1. The number of aryl methyl sites for hydroxylation is 2. The van der Waals surface area contributed by atoms with Crippen LogP contribution in [0.4, 0.5) is 0 Å². The lowest BCUT2D eigenvalue weighted by atomic mass is 10.1. The number of aromatic carboxylic acids is 1. The number of carbonyl (C=O) groups is 2. The quantitative estimate of drug-likeness (QED) is 0.656. The molecule has 0 atom stereocenters. The minimum Gasteiger partial charge on any atom is -0.490 e. The Kier molecular flexibility index (Phi) is 4.97. The predicted molar refractivity (Wildman–Crippen MR) is 94.9 cm³/mol. The van der Waals surface area contributed by atoms with Crippen LogP contribution >= 0.6 is 0 Å². The molecule has 7 heteroatoms. The van der Waals surface area contributed by atoms with Gasteiger partial charge >= 0.3 is 5.97 Å². The summed E-state index contributed by atoms with van der Waals surface area (Å²) in [5.41, 5.74) is 2.49. The van der Waals surface area contributed by atoms with E-state index in [1.807, 2.05) is 19.1 Å². The van der Waals surface area contributed by atoms with Gasteiger partial charge in [0, 0.05) is 24.5 Å². The third kappa shape index (κ3) is 3.42. The van der Waals surface area contributed by atoms with Gasteiger partial charge < -0.3 is 9.84 Å². The zero-order valence-corrected chi connectivity index (χ0v) is 14.6. The van der Waals surface area contributed by atoms with Crippen LogP contribution in [-0.2, 0) is 6.42 Å². The number of rotatable bonds is 7. The summed E-state index contributed by atoms with van der Waals surface area (Å²) >= 11 is 0. The van der Waals surface area contributed by atoms with E-state index in [4.69, 9.17) is 9.84 Å². The van der Waals surface area contributed by atoms with Crippen molar-refractivity contribution in [3.05, 3.63) is 59.3 Å². The second-order valence-corrected chi connectivity index (χ2v) is 5.81. The van der Waals surface area contributed by atoms with Crippen molar-refractivity contribution in [3.8, 4) is 5.75 Å². The average molecular weight is 353 g/mol. The standard InChI is InChI=1S/C19H19N3O4/c1-3-26-16-5-4-10-22-17(12(2)21-18(16)22)15(23)7-6-14-11-13(19(24)25)8-9-20-14/h4-5,8-11H,3,6-7H2,1-2H3,(H,24,25). The lowest BCUT2D eigenvalue weighted by Gasteiger charge is -2.06. The molecule has 0 unspecified atom stereocenters. The Bertz CT molecular complexity index is 978. The maximum Gasteiger partial charge on any atom is 0.335 e. The molecule has 0 saturated carbocycles. The molecule has 26 heavy (non-hydrogen) atoms. The van der Waals surface area contributed by atoms with Crippen LogP contribution in [0.5, 0.6) is 5.75 Å². The smallest absolute Gasteiger partial charge is 0.335 e. The van der Waals surface area contributed by atoms with E-state index in [0.717, 1.165) is 0 Å². The molecular weight excluding hydrogens is 334 g/mol. The molecule has 0 fully saturated rings. The lowest BCUT2D eigenvalue weighted by Crippen LogP contribution is -2.08. The van der Waals surface area contributed by atoms with Crippen LogP contribution in [0.25, 0.3) is 5.65 Å². The fraction of sp³-hybridized carbons (Fsp3) is 0.263. The molecule has 3 aromatic rings. The Balaban J connectivity index is 1.84. The Morgan fingerprint density at radius 2 is 2.12 bits per heavy atom. The minimum absolute atomic E-state index is 0.0776. The maximum atomic E-state index is 12.8. The number of pyridine rings is 2. The largest absolute Gasteiger partial charge is 0.490 e. The molecule has 3 heterocycles. The molecule has 3 aromatic heterocycles. The second-order valence-electron chi connectivity index (χ2n) is 5.81. The Morgan fingerprint density at radius 1 is 1.31 bits per heavy atom. The predicted octanol–water partition coefficient (Wildman–Crippen LogP) is 2.95. The van der Waals surface area contributed by atoms with Gasteiger partial charge in [0.05, 0.1) is 17.9 Å². The van der Waals surface area contributed by atoms with Gasteiger partial charge in [0.25, 0.3) is 0 Å². The molecule has 7 nitrogen and oxygen atoms in total. The van der Waals surface area contributed by atoms with E-state index in [9.17, 15) is 9.59 Å². The summed E-state index contributed by atoms with van der Waals surface area (Å²) in [4.78, 5) is 32.4. The number of fused-ring (bicyclic) bond motifs is 1. The summed E-state index contributed by atoms with van der Waals surface area (Å²) in [5.74, 6) is -0.458. The first-order valence-corrected chi connectivity index (χ1v) is 8.33. The maximum absolute atomic E-state index is 12.8. The Labute approximate surface area is 150 Å². The first kappa shape index (κ1) is 17.6. The highest BCUT2D eigenvalue weighted by Gasteiger charge is 2.19. The van der Waals surface area contributed by atoms with E-state index in [-0.39, 0.29) is 17.8 Å². The summed E-state index contributed by atoms with van der Waals surface area (Å²) in [5, 5.41) is 9.04. The molecule has 0 aromatic carbocycles. The van der Waals surface area contributed by atoms with Gasteiger partial charge in [0.1, 0.15) is 5.69 Å². The topological polar surface area (TPSA) is 93.8 Å². The number of aromatic nitrogens is 3. The van der Waals surface area contributed by atoms with Crippen molar-refractivity contribution < 1.29 is 19.4 Å². The van der Waals surface area contributed by atoms with Crippen molar-refractivity contribution in [3.63, 3.8) is 0 Å². The summed E-state index contributed by atoms with van der Waals surface area (Å²) in [6.45, 7) is 4.20. The van der Waals surface area contributed by atoms with E-state index in [0.29, 0.717) is 41.5 Å². The number of hydrogen-bond acceptors (Lipinski definition) is 5. The summed E-state index contributed by atoms with van der Waals surface area (Å²) in [6, 6.07) is 6.55. The molecule has 0 radical (unpaired) electrons. The van der Waals surface area contributed by atoms with Gasteiger partial charge in [-0.25, -0.2) is 9.78 Å². The minimum atomic E-state index is -1.01. The van der Waals surface area contributed by atoms with Crippen molar-refractivity contribution >= 4 is 17.4 Å². The van der Waals surface area contributed by atoms with Crippen molar-refractivity contribution in [2.75, 3.05) is 6.61 Å². The second kappa shape index (κ2) is 7.35. The highest BCUT2D eigenvalue weighted by Crippen LogP contribution is 2.23. The highest BCUT2D eigenvalue weighted by atomic mass is 16.5. The highest BCUT2D eigenvalue weighted by molar-refractivity contribution is 5.97. The van der Waals surface area contributed by atoms with Crippen LogP contribution in [0.2, 0.25) is 0 Å². The van der Waals surface area contributed by atoms with E-state index in [1.54, 1.807) is 17.5 Å². The zero-order chi connectivity index (χ0) is 18.7. The van der Waals surface area contributed by atoms with Gasteiger partial charge in [-0.1, -0.05) is 0 Å². The van der Waals surface area contributed by atoms with Crippen molar-refractivity contribution in [2.45, 2.75) is 26.7 Å². The first-order chi connectivity index (χ1) is 12.5. The molecule has 0 amide bonds. The molecule has 0 aliphatic carbocycles. The fourth-order valence-corrected chi connectivity index (χ4v) is 2.87. The van der Waals surface area contributed by atoms with Crippen LogP contribution in [-0.4, -0.2) is 37.8 Å². The molecule has 1 N–H and O–H groups in total. The van der Waals surface area contributed by atoms with Crippen LogP contribution in [0, 0.1) is 6.92 Å². The number of nitrogens with zero attached hydrogens (tertiary/aromatic N) is 3. The van der Waals surface area contributed by atoms with E-state index >= 15 is 0 Å². The normalized spacial score (nSPS) is 10.8.